The summed E-state index contributed by atoms with van der Waals surface area (Å²) in [6, 6.07) is 5.26. The number of hydrogen-bond donors (Lipinski definition) is 1. The van der Waals surface area contributed by atoms with Crippen LogP contribution >= 0.6 is 11.6 Å². The molecule has 4 rings (SSSR count). The Kier molecular flexibility index (Phi) is 8.07. The number of esters is 1. The van der Waals surface area contributed by atoms with Crippen molar-refractivity contribution < 1.29 is 29.0 Å². The summed E-state index contributed by atoms with van der Waals surface area (Å²) in [6.45, 7) is 13.0. The molecular formula is C29H37ClN2O6. The largest absolute Gasteiger partial charge is 0.461 e. The molecule has 1 aromatic carbocycles. The summed E-state index contributed by atoms with van der Waals surface area (Å²) in [5.41, 5.74) is -1.68. The van der Waals surface area contributed by atoms with Crippen LogP contribution in [0.1, 0.15) is 40.0 Å². The molecule has 2 amide bonds. The molecule has 3 heterocycles. The zero-order valence-corrected chi connectivity index (χ0v) is 23.0. The van der Waals surface area contributed by atoms with Crippen molar-refractivity contribution >= 4 is 35.1 Å². The van der Waals surface area contributed by atoms with Gasteiger partial charge in [-0.25, -0.2) is 0 Å². The fourth-order valence-electron chi connectivity index (χ4n) is 6.76. The Morgan fingerprint density at radius 3 is 2.58 bits per heavy atom. The predicted octanol–water partition coefficient (Wildman–Crippen LogP) is 3.76. The van der Waals surface area contributed by atoms with E-state index in [0.717, 1.165) is 0 Å². The van der Waals surface area contributed by atoms with Gasteiger partial charge in [0.15, 0.2) is 0 Å². The number of anilines is 1. The van der Waals surface area contributed by atoms with Crippen molar-refractivity contribution in [3.8, 4) is 0 Å². The Hall–Kier alpha value is -2.68. The topological polar surface area (TPSA) is 96.4 Å². The van der Waals surface area contributed by atoms with E-state index in [-0.39, 0.29) is 37.5 Å². The molecule has 206 valence electrons. The molecule has 9 heteroatoms. The van der Waals surface area contributed by atoms with E-state index in [1.54, 1.807) is 30.3 Å². The number of aliphatic hydroxyl groups excluding tert-OH is 1. The van der Waals surface area contributed by atoms with Crippen molar-refractivity contribution in [2.24, 2.45) is 17.8 Å². The molecule has 0 radical (unpaired) electrons. The highest BCUT2D eigenvalue weighted by atomic mass is 35.5. The Bertz CT molecular complexity index is 1120. The first-order valence-electron chi connectivity index (χ1n) is 13.2. The van der Waals surface area contributed by atoms with Gasteiger partial charge >= 0.3 is 5.97 Å². The number of nitrogens with zero attached hydrogens (tertiary/aromatic N) is 2. The number of halogens is 1. The molecule has 1 N–H and O–H groups in total. The monoisotopic (exact) mass is 544 g/mol. The molecule has 3 fully saturated rings. The summed E-state index contributed by atoms with van der Waals surface area (Å²) < 4.78 is 12.2. The Morgan fingerprint density at radius 2 is 2.00 bits per heavy atom. The minimum Gasteiger partial charge on any atom is -0.461 e. The third-order valence-electron chi connectivity index (χ3n) is 8.48. The third kappa shape index (κ3) is 4.17. The van der Waals surface area contributed by atoms with Gasteiger partial charge in [-0.1, -0.05) is 63.2 Å². The summed E-state index contributed by atoms with van der Waals surface area (Å²) in [4.78, 5) is 45.3. The number of carbonyl (C=O) groups is 3. The van der Waals surface area contributed by atoms with Crippen LogP contribution < -0.4 is 4.90 Å². The number of fused-ring (bicyclic) bond motifs is 1. The van der Waals surface area contributed by atoms with Crippen LogP contribution in [0.4, 0.5) is 5.69 Å². The lowest BCUT2D eigenvalue weighted by Crippen LogP contribution is -2.60. The fourth-order valence-corrected chi connectivity index (χ4v) is 6.99. The number of aliphatic hydroxyl groups is 1. The molecule has 2 bridgehead atoms. The van der Waals surface area contributed by atoms with Gasteiger partial charge in [-0.3, -0.25) is 14.4 Å². The average molecular weight is 545 g/mol. The van der Waals surface area contributed by atoms with Gasteiger partial charge in [-0.05, 0) is 37.3 Å². The maximum absolute atomic E-state index is 14.6. The van der Waals surface area contributed by atoms with Gasteiger partial charge < -0.3 is 24.4 Å². The third-order valence-corrected chi connectivity index (χ3v) is 8.80. The number of rotatable bonds is 11. The molecule has 1 aromatic rings. The maximum atomic E-state index is 14.6. The van der Waals surface area contributed by atoms with Gasteiger partial charge in [0.1, 0.15) is 24.2 Å². The summed E-state index contributed by atoms with van der Waals surface area (Å²) in [6.07, 6.45) is 4.50. The SMILES string of the molecule is C=CCOC(=O)[C@H]1[C@H]2C(=O)N([C@@H](CO)C(C)C)C(C(=O)N(CC=C)c3ccccc3Cl)C23CC[C@]1(CC)O3. The van der Waals surface area contributed by atoms with Crippen molar-refractivity contribution in [3.05, 3.63) is 54.6 Å². The van der Waals surface area contributed by atoms with Crippen molar-refractivity contribution in [2.45, 2.75) is 63.3 Å². The van der Waals surface area contributed by atoms with Crippen LogP contribution in [0.3, 0.4) is 0 Å². The number of benzene rings is 1. The van der Waals surface area contributed by atoms with Crippen molar-refractivity contribution in [1.29, 1.82) is 0 Å². The molecule has 38 heavy (non-hydrogen) atoms. The van der Waals surface area contributed by atoms with Crippen LogP contribution in [-0.2, 0) is 23.9 Å². The van der Waals surface area contributed by atoms with E-state index in [4.69, 9.17) is 21.1 Å². The molecule has 0 saturated carbocycles. The quantitative estimate of drug-likeness (QED) is 0.336. The zero-order chi connectivity index (χ0) is 27.8. The lowest BCUT2D eigenvalue weighted by atomic mass is 9.65. The Labute approximate surface area is 229 Å². The van der Waals surface area contributed by atoms with Crippen LogP contribution in [0, 0.1) is 17.8 Å². The lowest BCUT2D eigenvalue weighted by molar-refractivity contribution is -0.161. The second-order valence-corrected chi connectivity index (χ2v) is 11.1. The van der Waals surface area contributed by atoms with Crippen LogP contribution in [0.2, 0.25) is 5.02 Å². The standard InChI is InChI=1S/C29H37ClN2O6/c1-6-15-31(20-12-10-9-11-19(20)30)26(35)24-29-14-13-28(8-3,38-29)23(27(36)37-16-7-2)22(29)25(34)32(24)21(17-33)18(4)5/h6-7,9-12,18,21-24,33H,1-2,8,13-17H2,3-5H3/t21-,22-,23+,24?,28-,29?/m0/s1. The van der Waals surface area contributed by atoms with Crippen molar-refractivity contribution in [3.63, 3.8) is 0 Å². The number of hydrogen-bond acceptors (Lipinski definition) is 6. The Morgan fingerprint density at radius 1 is 1.29 bits per heavy atom. The second-order valence-electron chi connectivity index (χ2n) is 10.7. The summed E-state index contributed by atoms with van der Waals surface area (Å²) in [5.74, 6) is -3.23. The molecule has 3 aliphatic rings. The van der Waals surface area contributed by atoms with E-state index < -0.39 is 41.1 Å². The van der Waals surface area contributed by atoms with E-state index in [9.17, 15) is 19.5 Å². The first-order valence-corrected chi connectivity index (χ1v) is 13.6. The average Bonchev–Trinajstić information content (AvgIpc) is 3.50. The highest BCUT2D eigenvalue weighted by molar-refractivity contribution is 6.34. The predicted molar refractivity (Wildman–Crippen MR) is 145 cm³/mol. The van der Waals surface area contributed by atoms with E-state index in [2.05, 4.69) is 13.2 Å². The van der Waals surface area contributed by atoms with Gasteiger partial charge in [0.2, 0.25) is 5.91 Å². The molecule has 8 nitrogen and oxygen atoms in total. The number of carbonyl (C=O) groups excluding carboxylic acids is 3. The van der Waals surface area contributed by atoms with Crippen LogP contribution in [0.25, 0.3) is 0 Å². The highest BCUT2D eigenvalue weighted by Crippen LogP contribution is 2.65. The van der Waals surface area contributed by atoms with Crippen molar-refractivity contribution in [2.75, 3.05) is 24.7 Å². The lowest BCUT2D eigenvalue weighted by Gasteiger charge is -2.40. The number of para-hydroxylation sites is 1. The van der Waals surface area contributed by atoms with E-state index >= 15 is 0 Å². The molecule has 2 unspecified atom stereocenters. The van der Waals surface area contributed by atoms with Gasteiger partial charge in [0.25, 0.3) is 5.91 Å². The first kappa shape index (κ1) is 28.3. The van der Waals surface area contributed by atoms with Crippen LogP contribution in [-0.4, -0.2) is 70.8 Å². The molecule has 3 aliphatic heterocycles. The van der Waals surface area contributed by atoms with E-state index in [0.29, 0.717) is 30.0 Å². The van der Waals surface area contributed by atoms with Crippen molar-refractivity contribution in [1.82, 2.24) is 4.90 Å². The molecular weight excluding hydrogens is 508 g/mol. The fraction of sp³-hybridized carbons (Fsp3) is 0.552. The molecule has 0 aromatic heterocycles. The number of amides is 2. The van der Waals surface area contributed by atoms with Crippen LogP contribution in [0.5, 0.6) is 0 Å². The summed E-state index contributed by atoms with van der Waals surface area (Å²) in [5, 5.41) is 10.8. The van der Waals surface area contributed by atoms with Gasteiger partial charge in [0.05, 0.1) is 34.9 Å². The summed E-state index contributed by atoms with van der Waals surface area (Å²) in [7, 11) is 0. The highest BCUT2D eigenvalue weighted by Gasteiger charge is 2.79. The van der Waals surface area contributed by atoms with E-state index in [1.165, 1.54) is 15.9 Å². The number of likely N-dealkylation sites (tertiary alicyclic amines) is 1. The Balaban J connectivity index is 1.88. The second kappa shape index (κ2) is 10.8. The van der Waals surface area contributed by atoms with Crippen LogP contribution in [0.15, 0.2) is 49.6 Å². The molecule has 6 atom stereocenters. The summed E-state index contributed by atoms with van der Waals surface area (Å²) >= 11 is 6.51. The molecule has 3 saturated heterocycles. The minimum atomic E-state index is -1.25. The van der Waals surface area contributed by atoms with E-state index in [1.807, 2.05) is 20.8 Å². The maximum Gasteiger partial charge on any atom is 0.313 e. The zero-order valence-electron chi connectivity index (χ0n) is 22.3. The minimum absolute atomic E-state index is 0.0139. The van der Waals surface area contributed by atoms with Gasteiger partial charge in [-0.2, -0.15) is 0 Å². The normalized spacial score (nSPS) is 30.3. The van der Waals surface area contributed by atoms with Gasteiger partial charge in [-0.15, -0.1) is 6.58 Å². The molecule has 1 spiro atoms. The number of ether oxygens (including phenoxy) is 2. The smallest absolute Gasteiger partial charge is 0.313 e. The first-order chi connectivity index (χ1) is 18.1. The van der Waals surface area contributed by atoms with Gasteiger partial charge in [0, 0.05) is 6.54 Å². The molecule has 0 aliphatic carbocycles.